The molecule has 2 aliphatic heterocycles. The lowest BCUT2D eigenvalue weighted by molar-refractivity contribution is -0.688. The van der Waals surface area contributed by atoms with Crippen molar-refractivity contribution in [2.75, 3.05) is 11.1 Å². The summed E-state index contributed by atoms with van der Waals surface area (Å²) in [7, 11) is 0. The normalized spacial score (nSPS) is 21.5. The molecule has 1 fully saturated rings. The summed E-state index contributed by atoms with van der Waals surface area (Å²) in [5.41, 5.74) is 2.93. The number of fused-ring (bicyclic) bond motifs is 1. The van der Waals surface area contributed by atoms with Crippen molar-refractivity contribution in [3.63, 3.8) is 0 Å². The van der Waals surface area contributed by atoms with E-state index in [0.717, 1.165) is 17.8 Å². The number of carboxylic acids is 1. The number of hydrogen-bond acceptors (Lipinski definition) is 4. The molecule has 1 aromatic heterocycles. The predicted molar refractivity (Wildman–Crippen MR) is 103 cm³/mol. The summed E-state index contributed by atoms with van der Waals surface area (Å²) in [6, 6.07) is 13.7. The van der Waals surface area contributed by atoms with Gasteiger partial charge < -0.3 is 10.4 Å². The van der Waals surface area contributed by atoms with Crippen LogP contribution in [-0.2, 0) is 16.1 Å². The third-order valence-corrected chi connectivity index (χ3v) is 6.21. The molecule has 2 N–H and O–H groups in total. The monoisotopic (exact) mass is 382 g/mol. The molecule has 138 valence electrons. The number of carboxylic acid groups (broad SMARTS) is 1. The van der Waals surface area contributed by atoms with Gasteiger partial charge in [-0.05, 0) is 12.5 Å². The molecule has 2 atom stereocenters. The highest BCUT2D eigenvalue weighted by Gasteiger charge is 2.53. The first-order chi connectivity index (χ1) is 13.0. The molecule has 2 aliphatic rings. The fraction of sp³-hybridized carbons (Fsp3) is 0.250. The number of aromatic nitrogens is 1. The Labute approximate surface area is 161 Å². The van der Waals surface area contributed by atoms with Gasteiger partial charge in [0.2, 0.25) is 0 Å². The average molecular weight is 382 g/mol. The molecular weight excluding hydrogens is 362 g/mol. The third kappa shape index (κ3) is 3.30. The lowest BCUT2D eigenvalue weighted by atomic mass is 10.0. The van der Waals surface area contributed by atoms with Crippen molar-refractivity contribution in [2.24, 2.45) is 0 Å². The van der Waals surface area contributed by atoms with Crippen LogP contribution in [0, 0.1) is 0 Å². The van der Waals surface area contributed by atoms with E-state index in [1.54, 1.807) is 18.7 Å². The quantitative estimate of drug-likeness (QED) is 0.612. The molecule has 4 rings (SSSR count). The number of benzene rings is 1. The summed E-state index contributed by atoms with van der Waals surface area (Å²) < 4.78 is 2.07. The summed E-state index contributed by atoms with van der Waals surface area (Å²) in [4.78, 5) is 25.4. The number of aliphatic carboxylic acids is 1. The Bertz CT molecular complexity index is 912. The Morgan fingerprint density at radius 1 is 1.26 bits per heavy atom. The first kappa shape index (κ1) is 17.6. The summed E-state index contributed by atoms with van der Waals surface area (Å²) in [5, 5.41) is 12.5. The Morgan fingerprint density at radius 2 is 1.96 bits per heavy atom. The Balaban J connectivity index is 1.43. The number of carbonyl (C=O) groups is 2. The van der Waals surface area contributed by atoms with E-state index < -0.39 is 12.0 Å². The number of nitrogens with zero attached hydrogens (tertiary/aromatic N) is 2. The van der Waals surface area contributed by atoms with E-state index in [4.69, 9.17) is 0 Å². The number of anilines is 1. The first-order valence-corrected chi connectivity index (χ1v) is 9.77. The van der Waals surface area contributed by atoms with Gasteiger partial charge in [-0.2, -0.15) is 0 Å². The van der Waals surface area contributed by atoms with Gasteiger partial charge >= 0.3 is 5.97 Å². The van der Waals surface area contributed by atoms with Crippen molar-refractivity contribution in [2.45, 2.75) is 24.9 Å². The molecule has 6 nitrogen and oxygen atoms in total. The van der Waals surface area contributed by atoms with E-state index in [1.165, 1.54) is 10.5 Å². The highest BCUT2D eigenvalue weighted by atomic mass is 32.2. The van der Waals surface area contributed by atoms with Gasteiger partial charge in [0.05, 0.1) is 0 Å². The molecule has 7 heteroatoms. The van der Waals surface area contributed by atoms with Crippen molar-refractivity contribution in [1.29, 1.82) is 0 Å². The van der Waals surface area contributed by atoms with Crippen LogP contribution in [0.15, 0.2) is 66.1 Å². The van der Waals surface area contributed by atoms with E-state index >= 15 is 0 Å². The van der Waals surface area contributed by atoms with E-state index in [1.807, 2.05) is 42.7 Å². The number of β-lactam (4-membered cyclic amide) rings is 1. The van der Waals surface area contributed by atoms with Crippen LogP contribution < -0.4 is 9.88 Å². The van der Waals surface area contributed by atoms with Crippen molar-refractivity contribution < 1.29 is 19.3 Å². The molecule has 2 aromatic rings. The molecule has 3 heterocycles. The first-order valence-electron chi connectivity index (χ1n) is 8.72. The molecule has 1 aromatic carbocycles. The van der Waals surface area contributed by atoms with Gasteiger partial charge in [-0.3, -0.25) is 9.69 Å². The van der Waals surface area contributed by atoms with E-state index in [-0.39, 0.29) is 17.0 Å². The average Bonchev–Trinajstić information content (AvgIpc) is 2.67. The van der Waals surface area contributed by atoms with E-state index in [0.29, 0.717) is 5.75 Å². The number of carbonyl (C=O) groups excluding carboxylic acids is 1. The van der Waals surface area contributed by atoms with Crippen molar-refractivity contribution in [3.8, 4) is 0 Å². The molecule has 0 bridgehead atoms. The minimum atomic E-state index is -1.04. The predicted octanol–water partition coefficient (Wildman–Crippen LogP) is 2.08. The van der Waals surface area contributed by atoms with Crippen LogP contribution in [0.4, 0.5) is 5.69 Å². The molecule has 27 heavy (non-hydrogen) atoms. The standard InChI is InChI=1S/C20H19N3O3S/c1-13-12-27-19-16(18(24)23(19)17(13)20(25)26)21-15-7-9-22(10-8-15)11-14-5-3-2-4-6-14/h2-10,16,19H,11-12H2,1H3,(H,25,26)/p+1/t16-,19-/m1/s1. The topological polar surface area (TPSA) is 73.5 Å². The van der Waals surface area contributed by atoms with Crippen molar-refractivity contribution in [3.05, 3.63) is 71.7 Å². The zero-order valence-electron chi connectivity index (χ0n) is 14.8. The van der Waals surface area contributed by atoms with E-state index in [9.17, 15) is 14.7 Å². The van der Waals surface area contributed by atoms with E-state index in [2.05, 4.69) is 22.0 Å². The molecule has 0 unspecified atom stereocenters. The summed E-state index contributed by atoms with van der Waals surface area (Å²) in [6.45, 7) is 2.55. The maximum absolute atomic E-state index is 12.5. The van der Waals surface area contributed by atoms with Gasteiger partial charge in [-0.25, -0.2) is 9.36 Å². The Hall–Kier alpha value is -2.80. The minimum Gasteiger partial charge on any atom is -0.477 e. The SMILES string of the molecule is CC1=C(C(=O)O)N2C(=O)[C@@H](Nc3cc[n+](Cc4ccccc4)cc3)[C@H]2SC1. The zero-order valence-corrected chi connectivity index (χ0v) is 15.6. The number of amides is 1. The molecule has 1 amide bonds. The van der Waals surface area contributed by atoms with Gasteiger partial charge in [0.25, 0.3) is 5.91 Å². The highest BCUT2D eigenvalue weighted by molar-refractivity contribution is 8.00. The van der Waals surface area contributed by atoms with Crippen LogP contribution in [0.25, 0.3) is 0 Å². The van der Waals surface area contributed by atoms with Crippen molar-refractivity contribution >= 4 is 29.3 Å². The van der Waals surface area contributed by atoms with Gasteiger partial charge in [0.15, 0.2) is 18.9 Å². The van der Waals surface area contributed by atoms with Gasteiger partial charge in [0, 0.05) is 29.1 Å². The molecular formula is C20H20N3O3S+. The molecule has 0 saturated carbocycles. The number of thioether (sulfide) groups is 1. The minimum absolute atomic E-state index is 0.135. The summed E-state index contributed by atoms with van der Waals surface area (Å²) in [5.74, 6) is -0.601. The summed E-state index contributed by atoms with van der Waals surface area (Å²) >= 11 is 1.59. The second-order valence-electron chi connectivity index (χ2n) is 6.71. The second kappa shape index (κ2) is 7.08. The second-order valence-corrected chi connectivity index (χ2v) is 7.82. The summed E-state index contributed by atoms with van der Waals surface area (Å²) in [6.07, 6.45) is 3.94. The van der Waals surface area contributed by atoms with Crippen LogP contribution in [0.2, 0.25) is 0 Å². The van der Waals surface area contributed by atoms with Crippen LogP contribution in [0.1, 0.15) is 12.5 Å². The van der Waals surface area contributed by atoms with Gasteiger partial charge in [-0.15, -0.1) is 11.8 Å². The fourth-order valence-electron chi connectivity index (χ4n) is 3.41. The lowest BCUT2D eigenvalue weighted by Gasteiger charge is -2.49. The lowest BCUT2D eigenvalue weighted by Crippen LogP contribution is -2.67. The largest absolute Gasteiger partial charge is 0.477 e. The number of hydrogen-bond donors (Lipinski definition) is 2. The number of pyridine rings is 1. The Kier molecular flexibility index (Phi) is 4.61. The molecule has 0 spiro atoms. The maximum Gasteiger partial charge on any atom is 0.352 e. The van der Waals surface area contributed by atoms with Gasteiger partial charge in [-0.1, -0.05) is 30.3 Å². The highest BCUT2D eigenvalue weighted by Crippen LogP contribution is 2.41. The van der Waals surface area contributed by atoms with Crippen LogP contribution in [0.3, 0.4) is 0 Å². The maximum atomic E-state index is 12.5. The fourth-order valence-corrected chi connectivity index (χ4v) is 4.70. The van der Waals surface area contributed by atoms with Gasteiger partial charge in [0.1, 0.15) is 17.1 Å². The van der Waals surface area contributed by atoms with Crippen LogP contribution in [-0.4, -0.2) is 39.1 Å². The van der Waals surface area contributed by atoms with Crippen molar-refractivity contribution in [1.82, 2.24) is 4.90 Å². The molecule has 0 radical (unpaired) electrons. The third-order valence-electron chi connectivity index (χ3n) is 4.78. The van der Waals surface area contributed by atoms with Crippen LogP contribution in [0.5, 0.6) is 0 Å². The number of nitrogens with one attached hydrogen (secondary N) is 1. The molecule has 0 aliphatic carbocycles. The Morgan fingerprint density at radius 3 is 2.63 bits per heavy atom. The smallest absolute Gasteiger partial charge is 0.352 e. The molecule has 1 saturated heterocycles. The van der Waals surface area contributed by atoms with Crippen LogP contribution >= 0.6 is 11.8 Å². The zero-order chi connectivity index (χ0) is 19.0. The number of rotatable bonds is 5.